The van der Waals surface area contributed by atoms with E-state index < -0.39 is 19.9 Å². The van der Waals surface area contributed by atoms with Crippen molar-refractivity contribution < 1.29 is 29.0 Å². The molecule has 3 aromatic heterocycles. The number of ether oxygens (including phenoxy) is 1. The summed E-state index contributed by atoms with van der Waals surface area (Å²) in [5.41, 5.74) is 0.621. The number of pyridine rings is 1. The van der Waals surface area contributed by atoms with Crippen molar-refractivity contribution >= 4 is 71.1 Å². The third-order valence-electron chi connectivity index (χ3n) is 11.7. The number of anilines is 1. The summed E-state index contributed by atoms with van der Waals surface area (Å²) in [5, 5.41) is 33.4. The van der Waals surface area contributed by atoms with Crippen LogP contribution in [0, 0.1) is 0 Å². The molecular weight excluding hydrogens is 824 g/mol. The Labute approximate surface area is 359 Å². The lowest BCUT2D eigenvalue weighted by molar-refractivity contribution is -0.169. The monoisotopic (exact) mass is 878 g/mol. The van der Waals surface area contributed by atoms with Gasteiger partial charge in [-0.05, 0) is 109 Å². The number of carbonyl (C=O) groups excluding carboxylic acids is 2. The zero-order valence-electron chi connectivity index (χ0n) is 34.5. The van der Waals surface area contributed by atoms with Gasteiger partial charge in [0.1, 0.15) is 11.9 Å². The first-order valence-electron chi connectivity index (χ1n) is 20.0. The number of nitrogens with one attached hydrogen (secondary N) is 3. The fourth-order valence-corrected chi connectivity index (χ4v) is 10.4. The molecule has 5 aromatic rings. The number of halogens is 1. The van der Waals surface area contributed by atoms with E-state index in [1.165, 1.54) is 28.7 Å². The van der Waals surface area contributed by atoms with Gasteiger partial charge >= 0.3 is 5.97 Å². The van der Waals surface area contributed by atoms with E-state index in [2.05, 4.69) is 54.4 Å². The molecule has 0 spiro atoms. The van der Waals surface area contributed by atoms with Crippen molar-refractivity contribution in [1.29, 1.82) is 0 Å². The Morgan fingerprint density at radius 3 is 2.29 bits per heavy atom. The first kappa shape index (κ1) is 44.7. The van der Waals surface area contributed by atoms with Crippen LogP contribution in [0.1, 0.15) is 79.9 Å². The number of amides is 1. The molecule has 1 aliphatic carbocycles. The lowest BCUT2D eigenvalue weighted by Gasteiger charge is -2.39. The van der Waals surface area contributed by atoms with Crippen molar-refractivity contribution in [3.8, 4) is 5.75 Å². The number of carbonyl (C=O) groups is 2. The number of fused-ring (bicyclic) bond motifs is 1. The number of aliphatic hydroxyl groups is 1. The van der Waals surface area contributed by atoms with Crippen molar-refractivity contribution in [1.82, 2.24) is 15.2 Å². The number of aromatic hydroxyl groups is 1. The molecule has 1 fully saturated rings. The minimum Gasteiger partial charge on any atom is -0.506 e. The van der Waals surface area contributed by atoms with Crippen molar-refractivity contribution in [2.75, 3.05) is 25.5 Å². The number of benzene rings is 2. The normalized spacial score (nSPS) is 17.0. The molecule has 316 valence electrons. The first-order chi connectivity index (χ1) is 28.0. The number of hydrogen-bond donors (Lipinski definition) is 5. The van der Waals surface area contributed by atoms with E-state index in [0.717, 1.165) is 29.4 Å². The van der Waals surface area contributed by atoms with Crippen LogP contribution >= 0.6 is 34.3 Å². The zero-order chi connectivity index (χ0) is 42.5. The van der Waals surface area contributed by atoms with Crippen molar-refractivity contribution in [2.45, 2.75) is 101 Å². The van der Waals surface area contributed by atoms with Crippen LogP contribution in [0.15, 0.2) is 82.3 Å². The second-order valence-corrected chi connectivity index (χ2v) is 23.9. The Kier molecular flexibility index (Phi) is 14.2. The van der Waals surface area contributed by atoms with E-state index in [-0.39, 0.29) is 46.9 Å². The smallest absolute Gasteiger partial charge is 0.349 e. The molecule has 1 saturated carbocycles. The Morgan fingerprint density at radius 2 is 1.68 bits per heavy atom. The van der Waals surface area contributed by atoms with Gasteiger partial charge in [0, 0.05) is 43.5 Å². The SMILES string of the molecule is CN(CCC(=O)Nc1ccc(CNCC(O[Si](C)(C)C(C)(C)C)c2ccc(O)c3[nH]c(=O)ccc23)cc1Cl)C1CCC(OC(=O)C(O)(c2cccs2)c2cccs2)CC1. The van der Waals surface area contributed by atoms with Crippen LogP contribution in [0.4, 0.5) is 5.69 Å². The van der Waals surface area contributed by atoms with Gasteiger partial charge in [0.2, 0.25) is 17.1 Å². The summed E-state index contributed by atoms with van der Waals surface area (Å²) in [5.74, 6) is -0.773. The van der Waals surface area contributed by atoms with E-state index in [0.29, 0.717) is 58.5 Å². The van der Waals surface area contributed by atoms with Crippen LogP contribution in [0.5, 0.6) is 5.75 Å². The molecule has 0 bridgehead atoms. The van der Waals surface area contributed by atoms with E-state index in [4.69, 9.17) is 20.8 Å². The van der Waals surface area contributed by atoms with Crippen LogP contribution in [0.3, 0.4) is 0 Å². The van der Waals surface area contributed by atoms with Gasteiger partial charge in [0.15, 0.2) is 8.32 Å². The van der Waals surface area contributed by atoms with E-state index >= 15 is 0 Å². The highest BCUT2D eigenvalue weighted by molar-refractivity contribution is 7.12. The van der Waals surface area contributed by atoms with E-state index in [9.17, 15) is 24.6 Å². The summed E-state index contributed by atoms with van der Waals surface area (Å²) >= 11 is 9.34. The molecule has 1 aliphatic rings. The number of hydrogen-bond acceptors (Lipinski definition) is 11. The third-order valence-corrected chi connectivity index (χ3v) is 18.5. The molecule has 1 unspecified atom stereocenters. The molecule has 0 aliphatic heterocycles. The highest BCUT2D eigenvalue weighted by Crippen LogP contribution is 2.42. The summed E-state index contributed by atoms with van der Waals surface area (Å²) in [6.45, 7) is 12.5. The van der Waals surface area contributed by atoms with Crippen LogP contribution in [0.25, 0.3) is 10.9 Å². The Morgan fingerprint density at radius 1 is 1.00 bits per heavy atom. The van der Waals surface area contributed by atoms with Crippen LogP contribution in [0.2, 0.25) is 23.2 Å². The maximum Gasteiger partial charge on any atom is 0.349 e. The molecule has 11 nitrogen and oxygen atoms in total. The van der Waals surface area contributed by atoms with Crippen molar-refractivity contribution in [2.24, 2.45) is 0 Å². The molecule has 3 heterocycles. The fourth-order valence-electron chi connectivity index (χ4n) is 7.21. The minimum atomic E-state index is -2.24. The Bertz CT molecular complexity index is 2230. The largest absolute Gasteiger partial charge is 0.506 e. The molecule has 1 amide bonds. The summed E-state index contributed by atoms with van der Waals surface area (Å²) in [4.78, 5) is 44.6. The minimum absolute atomic E-state index is 0.00425. The molecule has 5 N–H and O–H groups in total. The molecule has 2 aromatic carbocycles. The van der Waals surface area contributed by atoms with Gasteiger partial charge in [-0.3, -0.25) is 9.59 Å². The highest BCUT2D eigenvalue weighted by atomic mass is 35.5. The Hall–Kier alpha value is -3.86. The predicted octanol–water partition coefficient (Wildman–Crippen LogP) is 8.91. The number of rotatable bonds is 16. The summed E-state index contributed by atoms with van der Waals surface area (Å²) in [6.07, 6.45) is 2.61. The van der Waals surface area contributed by atoms with Crippen molar-refractivity contribution in [3.63, 3.8) is 0 Å². The molecule has 1 atom stereocenters. The summed E-state index contributed by atoms with van der Waals surface area (Å²) in [6, 6.07) is 19.6. The van der Waals surface area contributed by atoms with Gasteiger partial charge in [0.25, 0.3) is 0 Å². The molecule has 59 heavy (non-hydrogen) atoms. The lowest BCUT2D eigenvalue weighted by Crippen LogP contribution is -2.43. The average Bonchev–Trinajstić information content (AvgIpc) is 3.94. The number of esters is 1. The molecule has 15 heteroatoms. The number of aromatic amines is 1. The maximum atomic E-state index is 13.4. The topological polar surface area (TPSA) is 153 Å². The van der Waals surface area contributed by atoms with Crippen LogP contribution in [-0.2, 0) is 30.9 Å². The number of aromatic nitrogens is 1. The molecule has 0 saturated heterocycles. The van der Waals surface area contributed by atoms with Gasteiger partial charge in [-0.15, -0.1) is 22.7 Å². The standard InChI is InChI=1S/C44H55ClN4O7S2Si/c1-43(2,3)59(5,6)56-36(31-16-19-35(50)41-32(31)17-20-39(51)48-41)27-46-26-28-11-18-34(33(45)25-28)47-40(52)21-22-49(4)29-12-14-30(15-13-29)55-42(53)44(54,37-9-7-23-57-37)38-10-8-24-58-38/h7-11,16-20,23-25,29-30,36,46,50,54H,12-15,21-22,26-27H2,1-6H3,(H,47,52)(H,48,51). The van der Waals surface area contributed by atoms with Gasteiger partial charge < -0.3 is 39.9 Å². The van der Waals surface area contributed by atoms with Crippen LogP contribution < -0.4 is 16.2 Å². The van der Waals surface area contributed by atoms with E-state index in [1.54, 1.807) is 24.3 Å². The number of H-pyrrole nitrogens is 1. The average molecular weight is 880 g/mol. The Balaban J connectivity index is 0.985. The molecular formula is C44H55ClN4O7S2Si. The van der Waals surface area contributed by atoms with Gasteiger partial charge in [0.05, 0.1) is 32.1 Å². The summed E-state index contributed by atoms with van der Waals surface area (Å²) in [7, 11) is -0.228. The van der Waals surface area contributed by atoms with Crippen LogP contribution in [-0.4, -0.2) is 72.6 Å². The predicted molar refractivity (Wildman–Crippen MR) is 240 cm³/mol. The number of phenols is 1. The number of nitrogens with zero attached hydrogens (tertiary/aromatic N) is 1. The zero-order valence-corrected chi connectivity index (χ0v) is 37.9. The summed E-state index contributed by atoms with van der Waals surface area (Å²) < 4.78 is 12.8. The number of phenolic OH excluding ortho intramolecular Hbond substituents is 1. The van der Waals surface area contributed by atoms with Gasteiger partial charge in [-0.2, -0.15) is 0 Å². The molecule has 0 radical (unpaired) electrons. The number of thiophene rings is 2. The highest BCUT2D eigenvalue weighted by Gasteiger charge is 2.45. The fraction of sp³-hybridized carbons (Fsp3) is 0.432. The lowest BCUT2D eigenvalue weighted by atomic mass is 9.91. The van der Waals surface area contributed by atoms with Gasteiger partial charge in [-0.1, -0.05) is 56.6 Å². The second kappa shape index (κ2) is 18.8. The maximum absolute atomic E-state index is 13.4. The van der Waals surface area contributed by atoms with Crippen molar-refractivity contribution in [3.05, 3.63) is 114 Å². The quantitative estimate of drug-likeness (QED) is 0.0483. The second-order valence-electron chi connectivity index (χ2n) is 16.9. The van der Waals surface area contributed by atoms with E-state index in [1.807, 2.05) is 54.2 Å². The first-order valence-corrected chi connectivity index (χ1v) is 25.0. The van der Waals surface area contributed by atoms with Gasteiger partial charge in [-0.25, -0.2) is 4.79 Å². The molecule has 6 rings (SSSR count). The third kappa shape index (κ3) is 10.5.